The Morgan fingerprint density at radius 3 is 2.60 bits per heavy atom. The molecule has 4 heteroatoms. The first-order valence-electron chi connectivity index (χ1n) is 5.46. The van der Waals surface area contributed by atoms with Gasteiger partial charge in [-0.1, -0.05) is 13.3 Å². The lowest BCUT2D eigenvalue weighted by atomic mass is 10.0. The highest BCUT2D eigenvalue weighted by Crippen LogP contribution is 2.24. The number of aromatic nitrogens is 2. The Labute approximate surface area is 99.6 Å². The summed E-state index contributed by atoms with van der Waals surface area (Å²) in [6, 6.07) is 0. The van der Waals surface area contributed by atoms with Crippen LogP contribution in [-0.4, -0.2) is 21.5 Å². The minimum atomic E-state index is 0.247. The maximum Gasteiger partial charge on any atom is 0.0738 e. The fourth-order valence-electron chi connectivity index (χ4n) is 1.68. The topological polar surface area (TPSA) is 38.1 Å². The third-order valence-corrected chi connectivity index (χ3v) is 3.80. The quantitative estimate of drug-likeness (QED) is 0.896. The molecule has 0 fully saturated rings. The average molecular weight is 275 g/mol. The molecular weight excluding hydrogens is 256 g/mol. The van der Waals surface area contributed by atoms with Crippen molar-refractivity contribution in [2.75, 3.05) is 6.61 Å². The van der Waals surface area contributed by atoms with Crippen molar-refractivity contribution in [3.63, 3.8) is 0 Å². The van der Waals surface area contributed by atoms with E-state index in [1.165, 1.54) is 5.69 Å². The van der Waals surface area contributed by atoms with Crippen LogP contribution >= 0.6 is 15.9 Å². The summed E-state index contributed by atoms with van der Waals surface area (Å²) in [5.41, 5.74) is 2.23. The van der Waals surface area contributed by atoms with Crippen LogP contribution in [0.3, 0.4) is 0 Å². The molecule has 0 radical (unpaired) electrons. The van der Waals surface area contributed by atoms with Crippen LogP contribution < -0.4 is 0 Å². The number of aryl methyl sites for hydroxylation is 2. The summed E-state index contributed by atoms with van der Waals surface area (Å²) in [5, 5.41) is 13.6. The first-order valence-corrected chi connectivity index (χ1v) is 6.25. The SMILES string of the molecule is CCC(CO)Cc1c(Br)c(C)nn1CC. The van der Waals surface area contributed by atoms with Gasteiger partial charge in [0.2, 0.25) is 0 Å². The molecule has 0 aliphatic carbocycles. The summed E-state index contributed by atoms with van der Waals surface area (Å²) in [7, 11) is 0. The van der Waals surface area contributed by atoms with Crippen LogP contribution in [0.4, 0.5) is 0 Å². The second-order valence-corrected chi connectivity index (χ2v) is 4.62. The number of nitrogens with zero attached hydrogens (tertiary/aromatic N) is 2. The second kappa shape index (κ2) is 5.66. The van der Waals surface area contributed by atoms with Crippen LogP contribution in [-0.2, 0) is 13.0 Å². The van der Waals surface area contributed by atoms with Crippen molar-refractivity contribution in [3.8, 4) is 0 Å². The van der Waals surface area contributed by atoms with E-state index < -0.39 is 0 Å². The Morgan fingerprint density at radius 2 is 2.13 bits per heavy atom. The molecule has 0 saturated carbocycles. The van der Waals surface area contributed by atoms with Crippen LogP contribution in [0.5, 0.6) is 0 Å². The van der Waals surface area contributed by atoms with Gasteiger partial charge in [0.05, 0.1) is 15.9 Å². The zero-order chi connectivity index (χ0) is 11.4. The van der Waals surface area contributed by atoms with E-state index in [2.05, 4.69) is 34.9 Å². The van der Waals surface area contributed by atoms with E-state index in [1.54, 1.807) is 0 Å². The molecule has 1 unspecified atom stereocenters. The van der Waals surface area contributed by atoms with Gasteiger partial charge in [0.25, 0.3) is 0 Å². The number of hydrogen-bond acceptors (Lipinski definition) is 2. The highest BCUT2D eigenvalue weighted by molar-refractivity contribution is 9.10. The Balaban J connectivity index is 2.91. The zero-order valence-electron chi connectivity index (χ0n) is 9.63. The van der Waals surface area contributed by atoms with Gasteiger partial charge in [0, 0.05) is 13.2 Å². The van der Waals surface area contributed by atoms with E-state index in [0.717, 1.165) is 29.6 Å². The lowest BCUT2D eigenvalue weighted by molar-refractivity contribution is 0.219. The van der Waals surface area contributed by atoms with Gasteiger partial charge in [-0.2, -0.15) is 5.10 Å². The third-order valence-electron chi connectivity index (χ3n) is 2.77. The number of halogens is 1. The third kappa shape index (κ3) is 2.82. The molecule has 0 aromatic carbocycles. The van der Waals surface area contributed by atoms with E-state index in [1.807, 2.05) is 11.6 Å². The summed E-state index contributed by atoms with van der Waals surface area (Å²) in [6.07, 6.45) is 1.89. The maximum absolute atomic E-state index is 9.20. The summed E-state index contributed by atoms with van der Waals surface area (Å²) in [5.74, 6) is 0.336. The highest BCUT2D eigenvalue weighted by Gasteiger charge is 2.15. The van der Waals surface area contributed by atoms with Gasteiger partial charge in [0.1, 0.15) is 0 Å². The summed E-state index contributed by atoms with van der Waals surface area (Å²) < 4.78 is 3.11. The number of aliphatic hydroxyl groups is 1. The van der Waals surface area contributed by atoms with E-state index in [0.29, 0.717) is 5.92 Å². The Bertz CT molecular complexity index is 319. The number of aliphatic hydroxyl groups excluding tert-OH is 1. The molecule has 3 nitrogen and oxygen atoms in total. The number of hydrogen-bond donors (Lipinski definition) is 1. The van der Waals surface area contributed by atoms with Crippen LogP contribution in [0.2, 0.25) is 0 Å². The standard InChI is InChI=1S/C11H19BrN2O/c1-4-9(7-15)6-10-11(12)8(3)13-14(10)5-2/h9,15H,4-7H2,1-3H3. The zero-order valence-corrected chi connectivity index (χ0v) is 11.2. The molecule has 1 N–H and O–H groups in total. The maximum atomic E-state index is 9.20. The minimum Gasteiger partial charge on any atom is -0.396 e. The van der Waals surface area contributed by atoms with Crippen molar-refractivity contribution in [1.29, 1.82) is 0 Å². The van der Waals surface area contributed by atoms with E-state index in [-0.39, 0.29) is 6.61 Å². The molecule has 0 aliphatic rings. The molecule has 1 aromatic heterocycles. The largest absolute Gasteiger partial charge is 0.396 e. The Morgan fingerprint density at radius 1 is 1.47 bits per heavy atom. The number of rotatable bonds is 5. The molecule has 0 bridgehead atoms. The van der Waals surface area contributed by atoms with Gasteiger partial charge in [-0.05, 0) is 42.1 Å². The highest BCUT2D eigenvalue weighted by atomic mass is 79.9. The monoisotopic (exact) mass is 274 g/mol. The molecule has 1 aromatic rings. The van der Waals surface area contributed by atoms with Gasteiger partial charge in [-0.25, -0.2) is 0 Å². The minimum absolute atomic E-state index is 0.247. The smallest absolute Gasteiger partial charge is 0.0738 e. The van der Waals surface area contributed by atoms with Gasteiger partial charge in [0.15, 0.2) is 0 Å². The molecule has 1 atom stereocenters. The van der Waals surface area contributed by atoms with Crippen LogP contribution in [0.1, 0.15) is 31.7 Å². The molecular formula is C11H19BrN2O. The predicted molar refractivity (Wildman–Crippen MR) is 64.9 cm³/mol. The van der Waals surface area contributed by atoms with Crippen LogP contribution in [0.15, 0.2) is 4.47 Å². The van der Waals surface area contributed by atoms with Crippen LogP contribution in [0, 0.1) is 12.8 Å². The molecule has 1 heterocycles. The fourth-order valence-corrected chi connectivity index (χ4v) is 2.12. The van der Waals surface area contributed by atoms with Crippen molar-refractivity contribution in [2.45, 2.75) is 40.2 Å². The molecule has 0 aliphatic heterocycles. The van der Waals surface area contributed by atoms with Crippen molar-refractivity contribution in [2.24, 2.45) is 5.92 Å². The van der Waals surface area contributed by atoms with Crippen molar-refractivity contribution < 1.29 is 5.11 Å². The lowest BCUT2D eigenvalue weighted by Gasteiger charge is -2.12. The molecule has 1 rings (SSSR count). The Kier molecular flexibility index (Phi) is 4.80. The molecule has 0 amide bonds. The molecule has 15 heavy (non-hydrogen) atoms. The van der Waals surface area contributed by atoms with Gasteiger partial charge >= 0.3 is 0 Å². The molecule has 0 saturated heterocycles. The average Bonchev–Trinajstić information content (AvgIpc) is 2.52. The fraction of sp³-hybridized carbons (Fsp3) is 0.727. The molecule has 86 valence electrons. The van der Waals surface area contributed by atoms with E-state index in [9.17, 15) is 5.11 Å². The Hall–Kier alpha value is -0.350. The first kappa shape index (κ1) is 12.7. The van der Waals surface area contributed by atoms with Crippen molar-refractivity contribution >= 4 is 15.9 Å². The molecule has 0 spiro atoms. The second-order valence-electron chi connectivity index (χ2n) is 3.82. The van der Waals surface area contributed by atoms with Gasteiger partial charge in [-0.3, -0.25) is 4.68 Å². The van der Waals surface area contributed by atoms with E-state index >= 15 is 0 Å². The normalized spacial score (nSPS) is 13.1. The summed E-state index contributed by atoms with van der Waals surface area (Å²) in [6.45, 7) is 7.32. The summed E-state index contributed by atoms with van der Waals surface area (Å²) >= 11 is 3.56. The van der Waals surface area contributed by atoms with Crippen LogP contribution in [0.25, 0.3) is 0 Å². The van der Waals surface area contributed by atoms with Gasteiger partial charge < -0.3 is 5.11 Å². The van der Waals surface area contributed by atoms with Gasteiger partial charge in [-0.15, -0.1) is 0 Å². The lowest BCUT2D eigenvalue weighted by Crippen LogP contribution is -2.12. The first-order chi connectivity index (χ1) is 7.13. The predicted octanol–water partition coefficient (Wildman–Crippen LogP) is 2.53. The van der Waals surface area contributed by atoms with E-state index in [4.69, 9.17) is 0 Å². The summed E-state index contributed by atoms with van der Waals surface area (Å²) in [4.78, 5) is 0. The van der Waals surface area contributed by atoms with Crippen molar-refractivity contribution in [3.05, 3.63) is 15.9 Å². The van der Waals surface area contributed by atoms with Crippen molar-refractivity contribution in [1.82, 2.24) is 9.78 Å².